The highest BCUT2D eigenvalue weighted by Gasteiger charge is 2.29. The molecule has 30 heavy (non-hydrogen) atoms. The van der Waals surface area contributed by atoms with Crippen molar-refractivity contribution in [1.29, 1.82) is 0 Å². The highest BCUT2D eigenvalue weighted by atomic mass is 19.4. The van der Waals surface area contributed by atoms with Crippen molar-refractivity contribution in [2.24, 2.45) is 0 Å². The summed E-state index contributed by atoms with van der Waals surface area (Å²) in [6.07, 6.45) is -4.03. The maximum absolute atomic E-state index is 12.7. The molecule has 0 aliphatic carbocycles. The molecule has 0 radical (unpaired) electrons. The van der Waals surface area contributed by atoms with Crippen LogP contribution in [0.15, 0.2) is 58.1 Å². The van der Waals surface area contributed by atoms with Gasteiger partial charge >= 0.3 is 6.18 Å². The summed E-state index contributed by atoms with van der Waals surface area (Å²) in [6.45, 7) is 2.05. The lowest BCUT2D eigenvalue weighted by atomic mass is 10.1. The van der Waals surface area contributed by atoms with Gasteiger partial charge in [-0.2, -0.15) is 13.2 Å². The molecule has 1 amide bonds. The second-order valence-electron chi connectivity index (χ2n) is 6.80. The lowest BCUT2D eigenvalue weighted by Gasteiger charge is -2.21. The zero-order valence-corrected chi connectivity index (χ0v) is 16.2. The molecule has 2 aromatic carbocycles. The van der Waals surface area contributed by atoms with Gasteiger partial charge in [0.1, 0.15) is 6.54 Å². The number of hydrogen-bond acceptors (Lipinski definition) is 3. The summed E-state index contributed by atoms with van der Waals surface area (Å²) >= 11 is 0. The van der Waals surface area contributed by atoms with Gasteiger partial charge in [-0.05, 0) is 43.2 Å². The Balaban J connectivity index is 1.71. The van der Waals surface area contributed by atoms with E-state index in [9.17, 15) is 27.6 Å². The largest absolute Gasteiger partial charge is 0.416 e. The van der Waals surface area contributed by atoms with E-state index in [0.717, 1.165) is 16.8 Å². The summed E-state index contributed by atoms with van der Waals surface area (Å²) in [5.41, 5.74) is -1.01. The monoisotopic (exact) mass is 419 g/mol. The van der Waals surface area contributed by atoms with E-state index in [-0.39, 0.29) is 29.8 Å². The van der Waals surface area contributed by atoms with Crippen LogP contribution >= 0.6 is 0 Å². The number of carbonyl (C=O) groups is 1. The van der Waals surface area contributed by atoms with Crippen LogP contribution in [0, 0.1) is 0 Å². The molecule has 1 aromatic heterocycles. The Morgan fingerprint density at radius 2 is 1.67 bits per heavy atom. The van der Waals surface area contributed by atoms with Crippen molar-refractivity contribution >= 4 is 16.7 Å². The fourth-order valence-electron chi connectivity index (χ4n) is 3.18. The molecule has 0 fully saturated rings. The molecule has 0 aliphatic rings. The fourth-order valence-corrected chi connectivity index (χ4v) is 3.18. The number of likely N-dealkylation sites (N-methyl/N-ethyl adjacent to an activating group) is 1. The summed E-state index contributed by atoms with van der Waals surface area (Å²) in [4.78, 5) is 38.8. The van der Waals surface area contributed by atoms with Crippen LogP contribution in [0.3, 0.4) is 0 Å². The molecule has 0 spiro atoms. The standard InChI is InChI=1S/C21H20F3N3O3/c1-2-26(12-11-14-7-9-15(10-8-14)21(22,23)24)18(28)13-27-20(30)17-6-4-3-5-16(17)19(29)25-27/h3-10H,2,11-13H2,1H3,(H,25,29). The third-order valence-electron chi connectivity index (χ3n) is 4.86. The summed E-state index contributed by atoms with van der Waals surface area (Å²) in [6, 6.07) is 11.1. The van der Waals surface area contributed by atoms with Crippen LogP contribution in [-0.2, 0) is 23.9 Å². The quantitative estimate of drug-likeness (QED) is 0.668. The lowest BCUT2D eigenvalue weighted by molar-refractivity contribution is -0.137. The number of halogens is 3. The van der Waals surface area contributed by atoms with Crippen LogP contribution in [0.1, 0.15) is 18.1 Å². The van der Waals surface area contributed by atoms with Gasteiger partial charge in [0.05, 0.1) is 16.3 Å². The number of aromatic nitrogens is 2. The van der Waals surface area contributed by atoms with E-state index < -0.39 is 22.9 Å². The van der Waals surface area contributed by atoms with E-state index in [4.69, 9.17) is 0 Å². The third kappa shape index (κ3) is 4.61. The van der Waals surface area contributed by atoms with Gasteiger partial charge in [-0.3, -0.25) is 19.5 Å². The van der Waals surface area contributed by atoms with Crippen molar-refractivity contribution in [3.63, 3.8) is 0 Å². The molecular weight excluding hydrogens is 399 g/mol. The number of H-pyrrole nitrogens is 1. The number of fused-ring (bicyclic) bond motifs is 1. The van der Waals surface area contributed by atoms with Crippen molar-refractivity contribution in [2.45, 2.75) is 26.1 Å². The number of aromatic amines is 1. The zero-order chi connectivity index (χ0) is 21.9. The van der Waals surface area contributed by atoms with Crippen LogP contribution < -0.4 is 11.1 Å². The highest BCUT2D eigenvalue weighted by Crippen LogP contribution is 2.29. The van der Waals surface area contributed by atoms with E-state index in [1.54, 1.807) is 19.1 Å². The third-order valence-corrected chi connectivity index (χ3v) is 4.86. The first kappa shape index (κ1) is 21.4. The molecule has 6 nitrogen and oxygen atoms in total. The van der Waals surface area contributed by atoms with E-state index in [2.05, 4.69) is 5.10 Å². The molecule has 9 heteroatoms. The number of rotatable bonds is 6. The normalized spacial score (nSPS) is 11.6. The molecule has 0 bridgehead atoms. The Morgan fingerprint density at radius 1 is 1.03 bits per heavy atom. The van der Waals surface area contributed by atoms with Gasteiger partial charge in [0.2, 0.25) is 5.91 Å². The van der Waals surface area contributed by atoms with Crippen LogP contribution in [0.25, 0.3) is 10.8 Å². The van der Waals surface area contributed by atoms with Gasteiger partial charge in [-0.15, -0.1) is 0 Å². The lowest BCUT2D eigenvalue weighted by Crippen LogP contribution is -2.40. The first-order valence-electron chi connectivity index (χ1n) is 9.36. The summed E-state index contributed by atoms with van der Waals surface area (Å²) in [7, 11) is 0. The highest BCUT2D eigenvalue weighted by molar-refractivity contribution is 5.81. The van der Waals surface area contributed by atoms with E-state index in [0.29, 0.717) is 18.5 Å². The number of nitrogens with zero attached hydrogens (tertiary/aromatic N) is 2. The predicted molar refractivity (Wildman–Crippen MR) is 106 cm³/mol. The van der Waals surface area contributed by atoms with Crippen molar-refractivity contribution in [1.82, 2.24) is 14.7 Å². The number of nitrogens with one attached hydrogen (secondary N) is 1. The molecule has 0 saturated carbocycles. The summed E-state index contributed by atoms with van der Waals surface area (Å²) < 4.78 is 38.9. The average molecular weight is 419 g/mol. The van der Waals surface area contributed by atoms with Gasteiger partial charge in [-0.1, -0.05) is 24.3 Å². The Bertz CT molecular complexity index is 1160. The minimum absolute atomic E-state index is 0.224. The van der Waals surface area contributed by atoms with Crippen LogP contribution in [0.4, 0.5) is 13.2 Å². The van der Waals surface area contributed by atoms with Crippen molar-refractivity contribution in [2.75, 3.05) is 13.1 Å². The van der Waals surface area contributed by atoms with E-state index in [1.807, 2.05) is 0 Å². The molecule has 1 heterocycles. The minimum Gasteiger partial charge on any atom is -0.341 e. The fraction of sp³-hybridized carbons (Fsp3) is 0.286. The second-order valence-corrected chi connectivity index (χ2v) is 6.80. The molecule has 158 valence electrons. The van der Waals surface area contributed by atoms with E-state index in [1.165, 1.54) is 29.2 Å². The first-order valence-corrected chi connectivity index (χ1v) is 9.36. The van der Waals surface area contributed by atoms with Crippen molar-refractivity contribution in [3.05, 3.63) is 80.4 Å². The number of amides is 1. The molecule has 0 saturated heterocycles. The van der Waals surface area contributed by atoms with E-state index >= 15 is 0 Å². The maximum atomic E-state index is 12.7. The summed E-state index contributed by atoms with van der Waals surface area (Å²) in [5.74, 6) is -0.377. The topological polar surface area (TPSA) is 75.2 Å². The zero-order valence-electron chi connectivity index (χ0n) is 16.2. The SMILES string of the molecule is CCN(CCc1ccc(C(F)(F)F)cc1)C(=O)Cn1[nH]c(=O)c2ccccc2c1=O. The van der Waals surface area contributed by atoms with Crippen LogP contribution in [0.2, 0.25) is 0 Å². The Hall–Kier alpha value is -3.36. The number of carbonyl (C=O) groups excluding carboxylic acids is 1. The smallest absolute Gasteiger partial charge is 0.341 e. The van der Waals surface area contributed by atoms with Crippen molar-refractivity contribution < 1.29 is 18.0 Å². The Labute approximate surface area is 169 Å². The Kier molecular flexibility index (Phi) is 6.09. The van der Waals surface area contributed by atoms with Gasteiger partial charge in [0.15, 0.2) is 0 Å². The average Bonchev–Trinajstić information content (AvgIpc) is 2.72. The summed E-state index contributed by atoms with van der Waals surface area (Å²) in [5, 5.41) is 2.89. The molecule has 3 rings (SSSR count). The molecule has 0 unspecified atom stereocenters. The van der Waals surface area contributed by atoms with Gasteiger partial charge in [0.25, 0.3) is 11.1 Å². The first-order chi connectivity index (χ1) is 14.2. The van der Waals surface area contributed by atoms with Crippen LogP contribution in [0.5, 0.6) is 0 Å². The Morgan fingerprint density at radius 3 is 2.27 bits per heavy atom. The minimum atomic E-state index is -4.39. The predicted octanol–water partition coefficient (Wildman–Crippen LogP) is 2.80. The molecule has 0 atom stereocenters. The molecule has 0 aliphatic heterocycles. The van der Waals surface area contributed by atoms with Gasteiger partial charge in [-0.25, -0.2) is 4.68 Å². The number of hydrogen-bond donors (Lipinski definition) is 1. The number of alkyl halides is 3. The van der Waals surface area contributed by atoms with Gasteiger partial charge < -0.3 is 4.90 Å². The molecular formula is C21H20F3N3O3. The maximum Gasteiger partial charge on any atom is 0.416 e. The molecule has 3 aromatic rings. The van der Waals surface area contributed by atoms with Crippen molar-refractivity contribution in [3.8, 4) is 0 Å². The number of benzene rings is 2. The molecule has 1 N–H and O–H groups in total. The van der Waals surface area contributed by atoms with Gasteiger partial charge in [0, 0.05) is 13.1 Å². The second kappa shape index (κ2) is 8.56. The van der Waals surface area contributed by atoms with Crippen LogP contribution in [-0.4, -0.2) is 33.7 Å².